The summed E-state index contributed by atoms with van der Waals surface area (Å²) in [6.45, 7) is 5.49. The van der Waals surface area contributed by atoms with Crippen molar-refractivity contribution in [2.24, 2.45) is 5.92 Å². The Hall–Kier alpha value is -0.410. The van der Waals surface area contributed by atoms with Gasteiger partial charge in [0, 0.05) is 23.5 Å². The maximum absolute atomic E-state index is 4.58. The van der Waals surface area contributed by atoms with E-state index >= 15 is 0 Å². The molecule has 0 radical (unpaired) electrons. The summed E-state index contributed by atoms with van der Waals surface area (Å²) in [6.07, 6.45) is 6.53. The summed E-state index contributed by atoms with van der Waals surface area (Å²) in [5.41, 5.74) is 1.18. The largest absolute Gasteiger partial charge is 0.314 e. The summed E-state index contributed by atoms with van der Waals surface area (Å²) in [5, 5.41) is 7.18. The highest BCUT2D eigenvalue weighted by molar-refractivity contribution is 7.09. The summed E-state index contributed by atoms with van der Waals surface area (Å²) in [7, 11) is 0. The average Bonchev–Trinajstić information content (AvgIpc) is 2.86. The predicted molar refractivity (Wildman–Crippen MR) is 70.0 cm³/mol. The van der Waals surface area contributed by atoms with Crippen LogP contribution in [0.4, 0.5) is 0 Å². The molecule has 1 aromatic rings. The van der Waals surface area contributed by atoms with Crippen LogP contribution in [0.3, 0.4) is 0 Å². The Morgan fingerprint density at radius 2 is 2.38 bits per heavy atom. The molecule has 0 amide bonds. The molecule has 0 aliphatic heterocycles. The molecule has 0 spiro atoms. The van der Waals surface area contributed by atoms with Gasteiger partial charge in [-0.2, -0.15) is 0 Å². The first-order valence-corrected chi connectivity index (χ1v) is 7.32. The van der Waals surface area contributed by atoms with Crippen molar-refractivity contribution in [2.45, 2.75) is 52.0 Å². The van der Waals surface area contributed by atoms with E-state index < -0.39 is 0 Å². The SMILES string of the molecule is CCCNC1CCCC1Cc1nc(C)cs1. The molecular formula is C13H22N2S. The van der Waals surface area contributed by atoms with Gasteiger partial charge in [-0.25, -0.2) is 4.98 Å². The summed E-state index contributed by atoms with van der Waals surface area (Å²) in [5.74, 6) is 0.817. The minimum atomic E-state index is 0.740. The monoisotopic (exact) mass is 238 g/mol. The number of nitrogens with one attached hydrogen (secondary N) is 1. The third-order valence-electron chi connectivity index (χ3n) is 3.42. The molecule has 1 saturated carbocycles. The van der Waals surface area contributed by atoms with Crippen molar-refractivity contribution in [3.05, 3.63) is 16.1 Å². The molecule has 1 heterocycles. The summed E-state index contributed by atoms with van der Waals surface area (Å²) >= 11 is 1.82. The Balaban J connectivity index is 1.88. The highest BCUT2D eigenvalue weighted by Crippen LogP contribution is 2.29. The van der Waals surface area contributed by atoms with Crippen molar-refractivity contribution in [3.8, 4) is 0 Å². The van der Waals surface area contributed by atoms with Crippen LogP contribution in [0, 0.1) is 12.8 Å². The molecule has 0 bridgehead atoms. The lowest BCUT2D eigenvalue weighted by Crippen LogP contribution is -2.33. The van der Waals surface area contributed by atoms with Crippen LogP contribution in [-0.4, -0.2) is 17.6 Å². The molecule has 16 heavy (non-hydrogen) atoms. The molecular weight excluding hydrogens is 216 g/mol. The van der Waals surface area contributed by atoms with E-state index in [2.05, 4.69) is 29.5 Å². The zero-order valence-electron chi connectivity index (χ0n) is 10.3. The lowest BCUT2D eigenvalue weighted by atomic mass is 10.00. The Kier molecular flexibility index (Phi) is 4.36. The second-order valence-electron chi connectivity index (χ2n) is 4.84. The van der Waals surface area contributed by atoms with Gasteiger partial charge in [0.2, 0.25) is 0 Å². The number of aromatic nitrogens is 1. The highest BCUT2D eigenvalue weighted by Gasteiger charge is 2.27. The van der Waals surface area contributed by atoms with Crippen molar-refractivity contribution < 1.29 is 0 Å². The minimum absolute atomic E-state index is 0.740. The summed E-state index contributed by atoms with van der Waals surface area (Å²) in [6, 6.07) is 0.740. The molecule has 2 nitrogen and oxygen atoms in total. The Bertz CT molecular complexity index is 321. The van der Waals surface area contributed by atoms with Gasteiger partial charge in [-0.3, -0.25) is 0 Å². The number of thiazole rings is 1. The van der Waals surface area contributed by atoms with Crippen LogP contribution < -0.4 is 5.32 Å². The van der Waals surface area contributed by atoms with E-state index in [1.165, 1.54) is 42.8 Å². The van der Waals surface area contributed by atoms with E-state index in [1.807, 2.05) is 11.3 Å². The van der Waals surface area contributed by atoms with Crippen LogP contribution in [0.1, 0.15) is 43.3 Å². The first kappa shape index (κ1) is 12.1. The van der Waals surface area contributed by atoms with Crippen molar-refractivity contribution in [1.29, 1.82) is 0 Å². The smallest absolute Gasteiger partial charge is 0.0931 e. The lowest BCUT2D eigenvalue weighted by Gasteiger charge is -2.19. The Morgan fingerprint density at radius 3 is 3.06 bits per heavy atom. The van der Waals surface area contributed by atoms with Gasteiger partial charge in [-0.15, -0.1) is 11.3 Å². The standard InChI is InChI=1S/C13H22N2S/c1-3-7-14-12-6-4-5-11(12)8-13-15-10(2)9-16-13/h9,11-12,14H,3-8H2,1-2H3. The molecule has 1 aliphatic carbocycles. The molecule has 90 valence electrons. The van der Waals surface area contributed by atoms with Gasteiger partial charge in [-0.05, 0) is 38.6 Å². The molecule has 2 rings (SSSR count). The van der Waals surface area contributed by atoms with Crippen LogP contribution >= 0.6 is 11.3 Å². The second-order valence-corrected chi connectivity index (χ2v) is 5.78. The van der Waals surface area contributed by atoms with E-state index in [-0.39, 0.29) is 0 Å². The molecule has 2 atom stereocenters. The van der Waals surface area contributed by atoms with Gasteiger partial charge in [-0.1, -0.05) is 13.3 Å². The zero-order chi connectivity index (χ0) is 11.4. The van der Waals surface area contributed by atoms with Crippen molar-refractivity contribution >= 4 is 11.3 Å². The zero-order valence-corrected chi connectivity index (χ0v) is 11.1. The minimum Gasteiger partial charge on any atom is -0.314 e. The quantitative estimate of drug-likeness (QED) is 0.852. The average molecular weight is 238 g/mol. The number of rotatable bonds is 5. The Morgan fingerprint density at radius 1 is 1.50 bits per heavy atom. The van der Waals surface area contributed by atoms with Gasteiger partial charge < -0.3 is 5.32 Å². The first-order chi connectivity index (χ1) is 7.79. The molecule has 1 aliphatic rings. The summed E-state index contributed by atoms with van der Waals surface area (Å²) in [4.78, 5) is 4.58. The Labute approximate surface area is 102 Å². The van der Waals surface area contributed by atoms with Gasteiger partial charge in [0.1, 0.15) is 0 Å². The summed E-state index contributed by atoms with van der Waals surface area (Å²) < 4.78 is 0. The van der Waals surface area contributed by atoms with Crippen LogP contribution in [0.15, 0.2) is 5.38 Å². The van der Waals surface area contributed by atoms with Gasteiger partial charge in [0.25, 0.3) is 0 Å². The van der Waals surface area contributed by atoms with Crippen LogP contribution in [-0.2, 0) is 6.42 Å². The molecule has 1 aromatic heterocycles. The fraction of sp³-hybridized carbons (Fsp3) is 0.769. The van der Waals surface area contributed by atoms with E-state index in [0.29, 0.717) is 0 Å². The normalized spacial score (nSPS) is 25.1. The second kappa shape index (κ2) is 5.78. The lowest BCUT2D eigenvalue weighted by molar-refractivity contribution is 0.398. The maximum atomic E-state index is 4.58. The molecule has 0 saturated heterocycles. The highest BCUT2D eigenvalue weighted by atomic mass is 32.1. The number of nitrogens with zero attached hydrogens (tertiary/aromatic N) is 1. The maximum Gasteiger partial charge on any atom is 0.0931 e. The predicted octanol–water partition coefficient (Wildman–Crippen LogP) is 3.16. The van der Waals surface area contributed by atoms with Gasteiger partial charge in [0.05, 0.1) is 5.01 Å². The molecule has 3 heteroatoms. The van der Waals surface area contributed by atoms with Crippen LogP contribution in [0.5, 0.6) is 0 Å². The third-order valence-corrected chi connectivity index (χ3v) is 4.41. The van der Waals surface area contributed by atoms with Gasteiger partial charge >= 0.3 is 0 Å². The van der Waals surface area contributed by atoms with E-state index in [0.717, 1.165) is 18.5 Å². The van der Waals surface area contributed by atoms with E-state index in [9.17, 15) is 0 Å². The van der Waals surface area contributed by atoms with Crippen molar-refractivity contribution in [3.63, 3.8) is 0 Å². The molecule has 1 fully saturated rings. The van der Waals surface area contributed by atoms with Crippen molar-refractivity contribution in [1.82, 2.24) is 10.3 Å². The van der Waals surface area contributed by atoms with Crippen molar-refractivity contribution in [2.75, 3.05) is 6.54 Å². The number of aryl methyl sites for hydroxylation is 1. The fourth-order valence-electron chi connectivity index (χ4n) is 2.60. The van der Waals surface area contributed by atoms with E-state index in [4.69, 9.17) is 0 Å². The fourth-order valence-corrected chi connectivity index (χ4v) is 3.47. The van der Waals surface area contributed by atoms with Crippen LogP contribution in [0.25, 0.3) is 0 Å². The van der Waals surface area contributed by atoms with Gasteiger partial charge in [0.15, 0.2) is 0 Å². The molecule has 1 N–H and O–H groups in total. The van der Waals surface area contributed by atoms with Crippen LogP contribution in [0.2, 0.25) is 0 Å². The number of hydrogen-bond acceptors (Lipinski definition) is 3. The topological polar surface area (TPSA) is 24.9 Å². The third kappa shape index (κ3) is 3.05. The number of hydrogen-bond donors (Lipinski definition) is 1. The van der Waals surface area contributed by atoms with E-state index in [1.54, 1.807) is 0 Å². The molecule has 0 aromatic carbocycles. The molecule has 2 unspecified atom stereocenters. The first-order valence-electron chi connectivity index (χ1n) is 6.44.